The molecule has 1 aromatic carbocycles. The number of methoxy groups -OCH3 is 3. The number of hydrogen-bond donors (Lipinski definition) is 1. The van der Waals surface area contributed by atoms with Gasteiger partial charge in [-0.1, -0.05) is 24.3 Å². The predicted molar refractivity (Wildman–Crippen MR) is 107 cm³/mol. The van der Waals surface area contributed by atoms with Gasteiger partial charge in [0.15, 0.2) is 11.2 Å². The molecule has 2 aliphatic rings. The molecule has 1 aliphatic heterocycles. The van der Waals surface area contributed by atoms with Crippen molar-refractivity contribution in [2.75, 3.05) is 33.6 Å². The molecule has 1 atom stereocenters. The number of nitrogen functional groups attached to an aromatic ring is 1. The molecule has 0 saturated carbocycles. The third-order valence-corrected chi connectivity index (χ3v) is 5.57. The largest absolute Gasteiger partial charge is 0.469 e. The van der Waals surface area contributed by atoms with Gasteiger partial charge in [0.1, 0.15) is 12.2 Å². The fourth-order valence-electron chi connectivity index (χ4n) is 4.29. The molecular weight excluding hydrogens is 422 g/mol. The van der Waals surface area contributed by atoms with Crippen LogP contribution >= 0.6 is 0 Å². The van der Waals surface area contributed by atoms with E-state index in [1.165, 1.54) is 7.11 Å². The summed E-state index contributed by atoms with van der Waals surface area (Å²) in [6, 6.07) is 6.53. The van der Waals surface area contributed by atoms with Crippen LogP contribution in [0.25, 0.3) is 11.3 Å². The van der Waals surface area contributed by atoms with Crippen molar-refractivity contribution in [1.82, 2.24) is 9.88 Å². The first-order valence-electron chi connectivity index (χ1n) is 9.45. The Kier molecular flexibility index (Phi) is 4.96. The maximum atomic E-state index is 14.0. The number of esters is 3. The first kappa shape index (κ1) is 21.1. The molecule has 11 nitrogen and oxygen atoms in total. The highest BCUT2D eigenvalue weighted by Gasteiger charge is 2.64. The summed E-state index contributed by atoms with van der Waals surface area (Å²) in [5.41, 5.74) is 4.71. The van der Waals surface area contributed by atoms with Crippen molar-refractivity contribution in [2.24, 2.45) is 0 Å². The van der Waals surface area contributed by atoms with E-state index in [0.717, 1.165) is 19.1 Å². The van der Waals surface area contributed by atoms with Crippen molar-refractivity contribution in [3.8, 4) is 11.3 Å². The lowest BCUT2D eigenvalue weighted by atomic mass is 9.74. The Bertz CT molecular complexity index is 1200. The Morgan fingerprint density at radius 1 is 1.09 bits per heavy atom. The molecule has 2 aromatic rings. The van der Waals surface area contributed by atoms with Crippen LogP contribution in [0.5, 0.6) is 0 Å². The number of oxazole rings is 1. The van der Waals surface area contributed by atoms with Crippen molar-refractivity contribution in [3.05, 3.63) is 46.8 Å². The van der Waals surface area contributed by atoms with Crippen molar-refractivity contribution >= 4 is 29.8 Å². The lowest BCUT2D eigenvalue weighted by molar-refractivity contribution is -0.147. The zero-order chi connectivity index (χ0) is 23.2. The molecule has 32 heavy (non-hydrogen) atoms. The van der Waals surface area contributed by atoms with Crippen molar-refractivity contribution in [2.45, 2.75) is 11.8 Å². The second-order valence-corrected chi connectivity index (χ2v) is 7.06. The quantitative estimate of drug-likeness (QED) is 0.514. The Labute approximate surface area is 181 Å². The molecule has 11 heteroatoms. The van der Waals surface area contributed by atoms with Gasteiger partial charge in [0.25, 0.3) is 6.01 Å². The zero-order valence-corrected chi connectivity index (χ0v) is 17.5. The van der Waals surface area contributed by atoms with Gasteiger partial charge >= 0.3 is 17.9 Å². The zero-order valence-electron chi connectivity index (χ0n) is 17.5. The maximum absolute atomic E-state index is 14.0. The van der Waals surface area contributed by atoms with Crippen LogP contribution in [0.3, 0.4) is 0 Å². The van der Waals surface area contributed by atoms with Crippen LogP contribution in [0.4, 0.5) is 6.01 Å². The van der Waals surface area contributed by atoms with Crippen LogP contribution in [-0.2, 0) is 38.8 Å². The van der Waals surface area contributed by atoms with Gasteiger partial charge < -0.3 is 29.3 Å². The first-order chi connectivity index (χ1) is 15.3. The highest BCUT2D eigenvalue weighted by molar-refractivity contribution is 6.15. The summed E-state index contributed by atoms with van der Waals surface area (Å²) in [5, 5.41) is 0. The average molecular weight is 441 g/mol. The van der Waals surface area contributed by atoms with Gasteiger partial charge in [-0.15, -0.1) is 0 Å². The van der Waals surface area contributed by atoms with Crippen molar-refractivity contribution < 1.29 is 37.8 Å². The van der Waals surface area contributed by atoms with E-state index < -0.39 is 42.2 Å². The van der Waals surface area contributed by atoms with E-state index in [1.54, 1.807) is 24.3 Å². The lowest BCUT2D eigenvalue weighted by Gasteiger charge is -2.26. The Morgan fingerprint density at radius 2 is 1.78 bits per heavy atom. The van der Waals surface area contributed by atoms with Gasteiger partial charge in [-0.05, 0) is 5.56 Å². The van der Waals surface area contributed by atoms with Gasteiger partial charge in [0.05, 0.1) is 33.3 Å². The fraction of sp³-hybridized carbons (Fsp3) is 0.286. The minimum atomic E-state index is -1.82. The summed E-state index contributed by atoms with van der Waals surface area (Å²) < 4.78 is 20.0. The van der Waals surface area contributed by atoms with Crippen molar-refractivity contribution in [1.29, 1.82) is 0 Å². The summed E-state index contributed by atoms with van der Waals surface area (Å²) in [5.74, 6) is -2.85. The Balaban J connectivity index is 2.09. The third kappa shape index (κ3) is 2.70. The van der Waals surface area contributed by atoms with E-state index in [-0.39, 0.29) is 28.7 Å². The van der Waals surface area contributed by atoms with E-state index in [1.807, 2.05) is 0 Å². The minimum Gasteiger partial charge on any atom is -0.469 e. The van der Waals surface area contributed by atoms with E-state index in [9.17, 15) is 19.2 Å². The number of aromatic nitrogens is 1. The molecular formula is C21H19N3O8. The molecule has 1 aromatic heterocycles. The van der Waals surface area contributed by atoms with Gasteiger partial charge in [0.2, 0.25) is 5.91 Å². The highest BCUT2D eigenvalue weighted by atomic mass is 16.5. The number of benzene rings is 1. The summed E-state index contributed by atoms with van der Waals surface area (Å²) in [6.45, 7) is -0.547. The molecule has 4 rings (SSSR count). The number of nitrogens with zero attached hydrogens (tertiary/aromatic N) is 2. The number of carbonyl (C=O) groups excluding carboxylic acids is 4. The summed E-state index contributed by atoms with van der Waals surface area (Å²) >= 11 is 0. The Hall–Kier alpha value is -4.15. The predicted octanol–water partition coefficient (Wildman–Crippen LogP) is 0.529. The summed E-state index contributed by atoms with van der Waals surface area (Å²) in [4.78, 5) is 56.7. The second-order valence-electron chi connectivity index (χ2n) is 7.06. The number of amides is 1. The van der Waals surface area contributed by atoms with Gasteiger partial charge in [-0.25, -0.2) is 4.79 Å². The van der Waals surface area contributed by atoms with E-state index >= 15 is 0 Å². The molecule has 1 spiro atoms. The number of rotatable bonds is 5. The number of ether oxygens (including phenoxy) is 3. The first-order valence-corrected chi connectivity index (χ1v) is 9.45. The number of fused-ring (bicyclic) bond motifs is 5. The smallest absolute Gasteiger partial charge is 0.337 e. The van der Waals surface area contributed by atoms with Gasteiger partial charge in [0, 0.05) is 11.3 Å². The topological polar surface area (TPSA) is 151 Å². The highest BCUT2D eigenvalue weighted by Crippen LogP contribution is 2.58. The van der Waals surface area contributed by atoms with Crippen LogP contribution < -0.4 is 5.73 Å². The monoisotopic (exact) mass is 441 g/mol. The van der Waals surface area contributed by atoms with Crippen LogP contribution in [-0.4, -0.2) is 61.6 Å². The summed E-state index contributed by atoms with van der Waals surface area (Å²) in [6.07, 6.45) is -0.476. The Morgan fingerprint density at radius 3 is 2.44 bits per heavy atom. The number of hydrogen-bond acceptors (Lipinski definition) is 10. The maximum Gasteiger partial charge on any atom is 0.337 e. The third-order valence-electron chi connectivity index (χ3n) is 5.57. The number of nitrogens with two attached hydrogens (primary N) is 1. The normalized spacial score (nSPS) is 18.6. The molecule has 166 valence electrons. The van der Waals surface area contributed by atoms with Crippen LogP contribution in [0.1, 0.15) is 17.7 Å². The van der Waals surface area contributed by atoms with Gasteiger partial charge in [-0.2, -0.15) is 4.98 Å². The molecule has 0 fully saturated rings. The number of carbonyl (C=O) groups is 4. The van der Waals surface area contributed by atoms with Crippen molar-refractivity contribution in [3.63, 3.8) is 0 Å². The SMILES string of the molecule is COC(=O)CC1=C(C(=O)OC)[C@@]2(C(=O)N1CC(=O)OC)c1ccccc1-c1oc(N)nc12. The van der Waals surface area contributed by atoms with E-state index in [2.05, 4.69) is 4.98 Å². The standard InChI is InChI=1S/C21H19N3O8/c1-29-13(25)8-12-15(18(27)31-3)21(19(28)24(12)9-14(26)30-2)11-7-5-4-6-10(11)16-17(21)23-20(22)32-16/h4-7H,8-9H2,1-3H3,(H2,22,23)/t21-/m0/s1. The molecule has 1 aliphatic carbocycles. The van der Waals surface area contributed by atoms with E-state index in [4.69, 9.17) is 24.4 Å². The lowest BCUT2D eigenvalue weighted by Crippen LogP contribution is -2.44. The molecule has 1 amide bonds. The second kappa shape index (κ2) is 7.52. The van der Waals surface area contributed by atoms with Gasteiger partial charge in [-0.3, -0.25) is 14.4 Å². The molecule has 2 heterocycles. The van der Waals surface area contributed by atoms with E-state index in [0.29, 0.717) is 11.1 Å². The minimum absolute atomic E-state index is 0.0525. The van der Waals surface area contributed by atoms with Crippen LogP contribution in [0.2, 0.25) is 0 Å². The molecule has 2 N–H and O–H groups in total. The number of anilines is 1. The van der Waals surface area contributed by atoms with Crippen LogP contribution in [0, 0.1) is 0 Å². The molecule has 0 radical (unpaired) electrons. The van der Waals surface area contributed by atoms with Crippen LogP contribution in [0.15, 0.2) is 40.0 Å². The molecule has 0 saturated heterocycles. The fourth-order valence-corrected chi connectivity index (χ4v) is 4.29. The average Bonchev–Trinajstić information content (AvgIpc) is 3.38. The summed E-state index contributed by atoms with van der Waals surface area (Å²) in [7, 11) is 3.47. The molecule has 0 unspecified atom stereocenters. The molecule has 0 bridgehead atoms.